The van der Waals surface area contributed by atoms with Crippen LogP contribution in [0.2, 0.25) is 0 Å². The molecule has 0 aliphatic carbocycles. The Morgan fingerprint density at radius 2 is 1.77 bits per heavy atom. The van der Waals surface area contributed by atoms with Gasteiger partial charge in [-0.15, -0.1) is 0 Å². The second-order valence-electron chi connectivity index (χ2n) is 6.47. The van der Waals surface area contributed by atoms with Gasteiger partial charge in [-0.05, 0) is 29.8 Å². The maximum atomic E-state index is 13.6. The second kappa shape index (κ2) is 10.1. The minimum absolute atomic E-state index is 0.00480. The van der Waals surface area contributed by atoms with Crippen LogP contribution in [0.4, 0.5) is 14.5 Å². The third-order valence-electron chi connectivity index (χ3n) is 4.17. The van der Waals surface area contributed by atoms with E-state index in [-0.39, 0.29) is 17.9 Å². The van der Waals surface area contributed by atoms with Crippen LogP contribution < -0.4 is 10.6 Å². The van der Waals surface area contributed by atoms with E-state index in [1.165, 1.54) is 18.4 Å². The number of ether oxygens (including phenoxy) is 1. The highest BCUT2D eigenvalue weighted by molar-refractivity contribution is 5.96. The van der Waals surface area contributed by atoms with Crippen LogP contribution in [0.5, 0.6) is 0 Å². The molecule has 7 nitrogen and oxygen atoms in total. The molecule has 1 atom stereocenters. The fourth-order valence-corrected chi connectivity index (χ4v) is 2.70. The van der Waals surface area contributed by atoms with Crippen LogP contribution in [0.1, 0.15) is 16.1 Å². The van der Waals surface area contributed by atoms with Crippen molar-refractivity contribution in [3.05, 3.63) is 89.9 Å². The second-order valence-corrected chi connectivity index (χ2v) is 6.47. The molecule has 9 heteroatoms. The summed E-state index contributed by atoms with van der Waals surface area (Å²) >= 11 is 0. The van der Waals surface area contributed by atoms with Gasteiger partial charge in [0.15, 0.2) is 12.4 Å². The summed E-state index contributed by atoms with van der Waals surface area (Å²) in [5.74, 6) is -3.95. The molecule has 0 fully saturated rings. The Bertz CT molecular complexity index is 1060. The number of carbonyl (C=O) groups excluding carboxylic acids is 3. The maximum Gasteiger partial charge on any atom is 0.329 e. The monoisotopic (exact) mass is 428 g/mol. The van der Waals surface area contributed by atoms with E-state index in [0.29, 0.717) is 0 Å². The number of halogens is 2. The molecule has 0 saturated carbocycles. The molecular weight excluding hydrogens is 410 g/mol. The van der Waals surface area contributed by atoms with E-state index in [0.717, 1.165) is 23.8 Å². The van der Waals surface area contributed by atoms with Crippen molar-refractivity contribution < 1.29 is 32.3 Å². The normalized spacial score (nSPS) is 11.4. The quantitative estimate of drug-likeness (QED) is 0.538. The van der Waals surface area contributed by atoms with Crippen molar-refractivity contribution in [2.24, 2.45) is 0 Å². The molecule has 1 heterocycles. The van der Waals surface area contributed by atoms with E-state index in [2.05, 4.69) is 10.6 Å². The highest BCUT2D eigenvalue weighted by Crippen LogP contribution is 2.15. The molecule has 2 aromatic carbocycles. The zero-order valence-corrected chi connectivity index (χ0v) is 16.1. The molecule has 3 aromatic rings. The number of anilines is 1. The third kappa shape index (κ3) is 6.23. The summed E-state index contributed by atoms with van der Waals surface area (Å²) in [5.41, 5.74) is 0.364. The van der Waals surface area contributed by atoms with Crippen LogP contribution >= 0.6 is 0 Å². The summed E-state index contributed by atoms with van der Waals surface area (Å²) in [6.45, 7) is -0.753. The van der Waals surface area contributed by atoms with Crippen molar-refractivity contribution in [2.45, 2.75) is 12.5 Å². The molecule has 0 bridgehead atoms. The Morgan fingerprint density at radius 3 is 2.48 bits per heavy atom. The van der Waals surface area contributed by atoms with Crippen LogP contribution in [-0.2, 0) is 20.7 Å². The van der Waals surface area contributed by atoms with Gasteiger partial charge in [-0.3, -0.25) is 9.59 Å². The van der Waals surface area contributed by atoms with Crippen LogP contribution in [0.3, 0.4) is 0 Å². The number of hydrogen-bond donors (Lipinski definition) is 2. The summed E-state index contributed by atoms with van der Waals surface area (Å²) in [6, 6.07) is 13.3. The summed E-state index contributed by atoms with van der Waals surface area (Å²) in [5, 5.41) is 4.63. The Morgan fingerprint density at radius 1 is 1.00 bits per heavy atom. The van der Waals surface area contributed by atoms with E-state index in [9.17, 15) is 23.2 Å². The lowest BCUT2D eigenvalue weighted by atomic mass is 10.1. The van der Waals surface area contributed by atoms with Gasteiger partial charge < -0.3 is 19.8 Å². The fourth-order valence-electron chi connectivity index (χ4n) is 2.70. The van der Waals surface area contributed by atoms with Crippen LogP contribution in [0.25, 0.3) is 0 Å². The number of furan rings is 1. The lowest BCUT2D eigenvalue weighted by Crippen LogP contribution is -2.44. The predicted molar refractivity (Wildman–Crippen MR) is 106 cm³/mol. The molecule has 0 aliphatic heterocycles. The first-order valence-corrected chi connectivity index (χ1v) is 9.22. The smallest absolute Gasteiger partial charge is 0.329 e. The van der Waals surface area contributed by atoms with Crippen LogP contribution in [0, 0.1) is 11.6 Å². The molecule has 1 aromatic heterocycles. The largest absolute Gasteiger partial charge is 0.459 e. The highest BCUT2D eigenvalue weighted by atomic mass is 19.1. The summed E-state index contributed by atoms with van der Waals surface area (Å²) in [7, 11) is 0. The topological polar surface area (TPSA) is 97.6 Å². The summed E-state index contributed by atoms with van der Waals surface area (Å²) < 4.78 is 36.8. The van der Waals surface area contributed by atoms with Crippen molar-refractivity contribution in [3.63, 3.8) is 0 Å². The van der Waals surface area contributed by atoms with E-state index < -0.39 is 42.1 Å². The molecule has 0 saturated heterocycles. The molecule has 31 heavy (non-hydrogen) atoms. The molecule has 0 radical (unpaired) electrons. The Balaban J connectivity index is 1.63. The van der Waals surface area contributed by atoms with Crippen molar-refractivity contribution in [2.75, 3.05) is 11.9 Å². The van der Waals surface area contributed by atoms with Crippen LogP contribution in [0.15, 0.2) is 71.3 Å². The van der Waals surface area contributed by atoms with E-state index in [4.69, 9.17) is 9.15 Å². The summed E-state index contributed by atoms with van der Waals surface area (Å²) in [4.78, 5) is 36.8. The number of rotatable bonds is 8. The number of benzene rings is 2. The summed E-state index contributed by atoms with van der Waals surface area (Å²) in [6.07, 6.45) is 1.42. The van der Waals surface area contributed by atoms with Gasteiger partial charge in [0.1, 0.15) is 17.7 Å². The van der Waals surface area contributed by atoms with Crippen molar-refractivity contribution in [1.82, 2.24) is 5.32 Å². The van der Waals surface area contributed by atoms with Crippen LogP contribution in [-0.4, -0.2) is 30.4 Å². The lowest BCUT2D eigenvalue weighted by Gasteiger charge is -2.17. The molecule has 2 amide bonds. The minimum atomic E-state index is -1.11. The number of carbonyl (C=O) groups is 3. The van der Waals surface area contributed by atoms with Gasteiger partial charge in [-0.2, -0.15) is 0 Å². The fraction of sp³-hybridized carbons (Fsp3) is 0.136. The van der Waals surface area contributed by atoms with Crippen molar-refractivity contribution in [3.8, 4) is 0 Å². The molecular formula is C22H18F2N2O5. The number of nitrogens with one attached hydrogen (secondary N) is 2. The van der Waals surface area contributed by atoms with Gasteiger partial charge >= 0.3 is 5.97 Å². The van der Waals surface area contributed by atoms with Gasteiger partial charge in [-0.1, -0.05) is 30.3 Å². The first kappa shape index (κ1) is 21.7. The molecule has 2 N–H and O–H groups in total. The van der Waals surface area contributed by atoms with E-state index in [1.807, 2.05) is 0 Å². The molecule has 0 spiro atoms. The Labute approximate surface area is 176 Å². The van der Waals surface area contributed by atoms with Gasteiger partial charge in [0.2, 0.25) is 0 Å². The van der Waals surface area contributed by atoms with Gasteiger partial charge in [0.05, 0.1) is 12.0 Å². The number of amides is 2. The predicted octanol–water partition coefficient (Wildman–Crippen LogP) is 3.08. The number of esters is 1. The van der Waals surface area contributed by atoms with Gasteiger partial charge in [0, 0.05) is 12.5 Å². The molecule has 0 unspecified atom stereocenters. The molecule has 160 valence electrons. The highest BCUT2D eigenvalue weighted by Gasteiger charge is 2.25. The Kier molecular flexibility index (Phi) is 7.10. The standard InChI is InChI=1S/C22H18F2N2O5/c23-15-8-9-16(24)17(12-15)25-20(27)13-31-22(29)18(11-14-5-2-1-3-6-14)26-21(28)19-7-4-10-30-19/h1-10,12,18H,11,13H2,(H,25,27)(H,26,28)/t18-/m0/s1. The Hall–Kier alpha value is -4.01. The maximum absolute atomic E-state index is 13.6. The average Bonchev–Trinajstić information content (AvgIpc) is 3.30. The minimum Gasteiger partial charge on any atom is -0.459 e. The zero-order valence-electron chi connectivity index (χ0n) is 16.1. The molecule has 0 aliphatic rings. The first-order valence-electron chi connectivity index (χ1n) is 9.22. The van der Waals surface area contributed by atoms with E-state index >= 15 is 0 Å². The average molecular weight is 428 g/mol. The van der Waals surface area contributed by atoms with E-state index in [1.54, 1.807) is 30.3 Å². The number of hydrogen-bond acceptors (Lipinski definition) is 5. The van der Waals surface area contributed by atoms with Crippen molar-refractivity contribution >= 4 is 23.5 Å². The van der Waals surface area contributed by atoms with Gasteiger partial charge in [-0.25, -0.2) is 13.6 Å². The zero-order chi connectivity index (χ0) is 22.2. The third-order valence-corrected chi connectivity index (χ3v) is 4.17. The lowest BCUT2D eigenvalue weighted by molar-refractivity contribution is -0.149. The van der Waals surface area contributed by atoms with Crippen molar-refractivity contribution in [1.29, 1.82) is 0 Å². The van der Waals surface area contributed by atoms with Gasteiger partial charge in [0.25, 0.3) is 11.8 Å². The SMILES string of the molecule is O=C(COC(=O)[C@H](Cc1ccccc1)NC(=O)c1ccco1)Nc1cc(F)ccc1F. The first-order chi connectivity index (χ1) is 14.9. The molecule has 3 rings (SSSR count).